The number of ether oxygens (including phenoxy) is 1. The van der Waals surface area contributed by atoms with Crippen LogP contribution in [-0.4, -0.2) is 48.2 Å². The molecule has 1 unspecified atom stereocenters. The van der Waals surface area contributed by atoms with Crippen LogP contribution < -0.4 is 0 Å². The number of hydrogen-bond donors (Lipinski definition) is 1. The van der Waals surface area contributed by atoms with E-state index in [1.165, 1.54) is 12.1 Å². The molecule has 0 bridgehead atoms. The van der Waals surface area contributed by atoms with Crippen LogP contribution in [0.2, 0.25) is 0 Å². The van der Waals surface area contributed by atoms with Gasteiger partial charge in [-0.3, -0.25) is 0 Å². The smallest absolute Gasteiger partial charge is 0.388 e. The summed E-state index contributed by atoms with van der Waals surface area (Å²) in [5.41, 5.74) is 0.197. The van der Waals surface area contributed by atoms with Crippen molar-refractivity contribution in [2.24, 2.45) is 0 Å². The Labute approximate surface area is 162 Å². The predicted octanol–water partition coefficient (Wildman–Crippen LogP) is 5.79. The zero-order chi connectivity index (χ0) is 23.6. The van der Waals surface area contributed by atoms with Gasteiger partial charge in [-0.1, -0.05) is 36.9 Å². The second kappa shape index (κ2) is 8.69. The fourth-order valence-corrected chi connectivity index (χ4v) is 2.14. The lowest BCUT2D eigenvalue weighted by Crippen LogP contribution is -2.67. The maximum atomic E-state index is 13.5. The van der Waals surface area contributed by atoms with Gasteiger partial charge in [-0.2, -0.15) is 48.3 Å². The number of hydrogen-bond acceptors (Lipinski definition) is 2. The number of aliphatic hydroxyl groups excluding tert-OH is 1. The first-order valence-corrected chi connectivity index (χ1v) is 7.94. The fourth-order valence-electron chi connectivity index (χ4n) is 2.14. The van der Waals surface area contributed by atoms with Gasteiger partial charge in [0.1, 0.15) is 6.61 Å². The molecule has 0 aliphatic carbocycles. The Kier molecular flexibility index (Phi) is 7.58. The molecule has 1 rings (SSSR count). The zero-order valence-electron chi connectivity index (χ0n) is 14.8. The highest BCUT2D eigenvalue weighted by Crippen LogP contribution is 2.57. The average molecular weight is 460 g/mol. The van der Waals surface area contributed by atoms with E-state index in [-0.39, 0.29) is 12.0 Å². The van der Waals surface area contributed by atoms with Crippen LogP contribution in [0.3, 0.4) is 0 Å². The normalized spacial score (nSPS) is 15.2. The summed E-state index contributed by atoms with van der Waals surface area (Å²) in [6, 6.07) is 7.69. The van der Waals surface area contributed by atoms with Crippen LogP contribution in [0, 0.1) is 0 Å². The molecule has 13 heteroatoms. The molecule has 1 aromatic carbocycles. The molecule has 1 atom stereocenters. The van der Waals surface area contributed by atoms with Crippen molar-refractivity contribution in [2.45, 2.75) is 42.4 Å². The van der Waals surface area contributed by atoms with Gasteiger partial charge in [0.05, 0.1) is 12.7 Å². The Morgan fingerprint density at radius 2 is 1.33 bits per heavy atom. The van der Waals surface area contributed by atoms with Crippen molar-refractivity contribution in [2.75, 3.05) is 13.2 Å². The summed E-state index contributed by atoms with van der Waals surface area (Å²) in [6.45, 7) is -0.309. The topological polar surface area (TPSA) is 29.5 Å². The van der Waals surface area contributed by atoms with E-state index in [1.807, 2.05) is 0 Å². The Balaban J connectivity index is 2.79. The van der Waals surface area contributed by atoms with Crippen LogP contribution in [0.5, 0.6) is 0 Å². The molecule has 172 valence electrons. The van der Waals surface area contributed by atoms with Gasteiger partial charge < -0.3 is 9.84 Å². The number of halogens is 11. The highest BCUT2D eigenvalue weighted by atomic mass is 19.4. The van der Waals surface area contributed by atoms with Gasteiger partial charge in [0.25, 0.3) is 0 Å². The molecule has 0 heterocycles. The minimum atomic E-state index is -7.47. The standard InChI is InChI=1S/C17H15F11O2/c1-10(7-12(29)11-5-3-2-4-6-11)8-30-9-13(18,19)14(20,21)15(22,23)16(24,25)17(26,27)28/h2-6,12,29H,1,7-9H2. The molecule has 0 aromatic heterocycles. The maximum absolute atomic E-state index is 13.5. The zero-order valence-corrected chi connectivity index (χ0v) is 14.8. The van der Waals surface area contributed by atoms with E-state index < -0.39 is 49.2 Å². The van der Waals surface area contributed by atoms with Crippen molar-refractivity contribution < 1.29 is 58.1 Å². The molecule has 0 saturated carbocycles. The summed E-state index contributed by atoms with van der Waals surface area (Å²) in [5.74, 6) is -28.1. The van der Waals surface area contributed by atoms with Crippen molar-refractivity contribution in [3.05, 3.63) is 48.0 Å². The number of rotatable bonds is 10. The van der Waals surface area contributed by atoms with Crippen molar-refractivity contribution in [3.63, 3.8) is 0 Å². The highest BCUT2D eigenvalue weighted by molar-refractivity contribution is 5.19. The van der Waals surface area contributed by atoms with Crippen LogP contribution in [0.15, 0.2) is 42.5 Å². The minimum Gasteiger partial charge on any atom is -0.388 e. The molecule has 1 aromatic rings. The SMILES string of the molecule is C=C(COCC(F)(F)C(F)(F)C(F)(F)C(F)(F)C(F)(F)F)CC(O)c1ccccc1. The summed E-state index contributed by atoms with van der Waals surface area (Å²) in [4.78, 5) is 0. The van der Waals surface area contributed by atoms with Crippen LogP contribution >= 0.6 is 0 Å². The van der Waals surface area contributed by atoms with Gasteiger partial charge in [-0.25, -0.2) is 0 Å². The monoisotopic (exact) mass is 460 g/mol. The quantitative estimate of drug-likeness (QED) is 0.354. The molecule has 0 spiro atoms. The minimum absolute atomic E-state index is 0.169. The van der Waals surface area contributed by atoms with E-state index in [2.05, 4.69) is 11.3 Å². The first kappa shape index (κ1) is 26.1. The van der Waals surface area contributed by atoms with Gasteiger partial charge in [-0.05, 0) is 11.1 Å². The lowest BCUT2D eigenvalue weighted by molar-refractivity contribution is -0.424. The predicted molar refractivity (Wildman–Crippen MR) is 81.8 cm³/mol. The number of benzene rings is 1. The van der Waals surface area contributed by atoms with E-state index in [4.69, 9.17) is 0 Å². The maximum Gasteiger partial charge on any atom is 0.460 e. The Morgan fingerprint density at radius 3 is 1.80 bits per heavy atom. The average Bonchev–Trinajstić information content (AvgIpc) is 2.60. The van der Waals surface area contributed by atoms with Crippen LogP contribution in [-0.2, 0) is 4.74 Å². The summed E-state index contributed by atoms with van der Waals surface area (Å²) in [6.07, 6.45) is -8.74. The van der Waals surface area contributed by atoms with E-state index >= 15 is 0 Å². The molecule has 0 fully saturated rings. The summed E-state index contributed by atoms with van der Waals surface area (Å²) >= 11 is 0. The third kappa shape index (κ3) is 5.05. The van der Waals surface area contributed by atoms with E-state index in [0.29, 0.717) is 5.56 Å². The number of alkyl halides is 11. The Bertz CT molecular complexity index is 714. The van der Waals surface area contributed by atoms with Crippen molar-refractivity contribution >= 4 is 0 Å². The second-order valence-electron chi connectivity index (χ2n) is 6.30. The van der Waals surface area contributed by atoms with Gasteiger partial charge in [0, 0.05) is 6.42 Å². The van der Waals surface area contributed by atoms with Gasteiger partial charge in [0.15, 0.2) is 0 Å². The molecule has 30 heavy (non-hydrogen) atoms. The van der Waals surface area contributed by atoms with E-state index in [0.717, 1.165) is 0 Å². The van der Waals surface area contributed by atoms with Crippen molar-refractivity contribution in [3.8, 4) is 0 Å². The van der Waals surface area contributed by atoms with Crippen molar-refractivity contribution in [1.82, 2.24) is 0 Å². The molecule has 0 radical (unpaired) electrons. The Hall–Kier alpha value is -1.89. The third-order valence-corrected chi connectivity index (χ3v) is 3.86. The highest BCUT2D eigenvalue weighted by Gasteiger charge is 2.87. The molecular formula is C17H15F11O2. The summed E-state index contributed by atoms with van der Waals surface area (Å²) in [5, 5.41) is 9.88. The molecule has 0 saturated heterocycles. The first-order valence-electron chi connectivity index (χ1n) is 7.94. The van der Waals surface area contributed by atoms with Crippen molar-refractivity contribution in [1.29, 1.82) is 0 Å². The first-order chi connectivity index (χ1) is 13.4. The van der Waals surface area contributed by atoms with E-state index in [9.17, 15) is 53.4 Å². The molecule has 2 nitrogen and oxygen atoms in total. The fraction of sp³-hybridized carbons (Fsp3) is 0.529. The number of aliphatic hydroxyl groups is 1. The largest absolute Gasteiger partial charge is 0.460 e. The molecular weight excluding hydrogens is 445 g/mol. The summed E-state index contributed by atoms with van der Waals surface area (Å²) < 4.78 is 145. The molecule has 1 N–H and O–H groups in total. The van der Waals surface area contributed by atoms with Crippen LogP contribution in [0.4, 0.5) is 48.3 Å². The third-order valence-electron chi connectivity index (χ3n) is 3.86. The van der Waals surface area contributed by atoms with Crippen LogP contribution in [0.25, 0.3) is 0 Å². The van der Waals surface area contributed by atoms with Gasteiger partial charge in [0.2, 0.25) is 0 Å². The second-order valence-corrected chi connectivity index (χ2v) is 6.30. The lowest BCUT2D eigenvalue weighted by Gasteiger charge is -2.37. The van der Waals surface area contributed by atoms with Crippen LogP contribution in [0.1, 0.15) is 18.1 Å². The summed E-state index contributed by atoms with van der Waals surface area (Å²) in [7, 11) is 0. The lowest BCUT2D eigenvalue weighted by atomic mass is 9.98. The Morgan fingerprint density at radius 1 is 0.833 bits per heavy atom. The molecule has 0 aliphatic rings. The van der Waals surface area contributed by atoms with Gasteiger partial charge in [-0.15, -0.1) is 0 Å². The van der Waals surface area contributed by atoms with E-state index in [1.54, 1.807) is 18.2 Å². The molecule has 0 amide bonds. The van der Waals surface area contributed by atoms with Gasteiger partial charge >= 0.3 is 29.9 Å². The molecule has 0 aliphatic heterocycles.